The summed E-state index contributed by atoms with van der Waals surface area (Å²) < 4.78 is 5.91. The first-order chi connectivity index (χ1) is 9.00. The van der Waals surface area contributed by atoms with Crippen molar-refractivity contribution in [3.05, 3.63) is 27.8 Å². The predicted octanol–water partition coefficient (Wildman–Crippen LogP) is 2.57. The number of ether oxygens (including phenoxy) is 1. The third-order valence-corrected chi connectivity index (χ3v) is 4.95. The first kappa shape index (κ1) is 12.9. The molecule has 100 valence electrons. The number of carbonyl (C=O) groups excluding carboxylic acids is 2. The summed E-state index contributed by atoms with van der Waals surface area (Å²) in [5.74, 6) is -0.143. The Bertz CT molecular complexity index is 533. The molecule has 2 bridgehead atoms. The van der Waals surface area contributed by atoms with E-state index >= 15 is 0 Å². The second-order valence-electron chi connectivity index (χ2n) is 5.54. The lowest BCUT2D eigenvalue weighted by molar-refractivity contribution is -0.220. The zero-order valence-corrected chi connectivity index (χ0v) is 12.7. The number of methoxy groups -OCH3 is 1. The van der Waals surface area contributed by atoms with Crippen LogP contribution in [0.1, 0.15) is 19.3 Å². The van der Waals surface area contributed by atoms with E-state index in [0.717, 1.165) is 9.26 Å². The highest BCUT2D eigenvalue weighted by Crippen LogP contribution is 2.73. The molecule has 3 aliphatic carbocycles. The number of nitrogens with one attached hydrogen (secondary N) is 1. The van der Waals surface area contributed by atoms with Crippen LogP contribution in [0.3, 0.4) is 0 Å². The minimum atomic E-state index is -0.363. The van der Waals surface area contributed by atoms with E-state index in [4.69, 9.17) is 4.74 Å². The number of amides is 1. The SMILES string of the molecule is COC(=O)C12CC(C(=O)Nc3ccc(I)cc3)(C1)C2. The minimum absolute atomic E-state index is 0.0273. The molecule has 0 spiro atoms. The van der Waals surface area contributed by atoms with Gasteiger partial charge in [-0.05, 0) is 66.1 Å². The van der Waals surface area contributed by atoms with Crippen LogP contribution in [0.25, 0.3) is 0 Å². The Morgan fingerprint density at radius 3 is 2.26 bits per heavy atom. The Morgan fingerprint density at radius 1 is 1.16 bits per heavy atom. The molecule has 3 saturated carbocycles. The lowest BCUT2D eigenvalue weighted by atomic mass is 9.35. The maximum atomic E-state index is 12.2. The first-order valence-corrected chi connectivity index (χ1v) is 7.23. The van der Waals surface area contributed by atoms with E-state index in [1.807, 2.05) is 24.3 Å². The number of carbonyl (C=O) groups is 2. The maximum absolute atomic E-state index is 12.2. The fraction of sp³-hybridized carbons (Fsp3) is 0.429. The normalized spacial score (nSPS) is 30.8. The van der Waals surface area contributed by atoms with Crippen molar-refractivity contribution in [2.45, 2.75) is 19.3 Å². The highest BCUT2D eigenvalue weighted by atomic mass is 127. The van der Waals surface area contributed by atoms with Crippen molar-refractivity contribution in [3.63, 3.8) is 0 Å². The number of hydrogen-bond acceptors (Lipinski definition) is 3. The molecule has 0 radical (unpaired) electrons. The summed E-state index contributed by atoms with van der Waals surface area (Å²) in [5, 5.41) is 2.93. The van der Waals surface area contributed by atoms with Crippen LogP contribution < -0.4 is 5.32 Å². The summed E-state index contributed by atoms with van der Waals surface area (Å²) in [6, 6.07) is 7.69. The smallest absolute Gasteiger partial charge is 0.311 e. The zero-order chi connectivity index (χ0) is 13.7. The number of esters is 1. The van der Waals surface area contributed by atoms with Crippen molar-refractivity contribution >= 4 is 40.2 Å². The molecule has 0 aliphatic heterocycles. The molecule has 0 heterocycles. The van der Waals surface area contributed by atoms with E-state index in [0.29, 0.717) is 19.3 Å². The Kier molecular flexibility index (Phi) is 2.85. The molecule has 19 heavy (non-hydrogen) atoms. The van der Waals surface area contributed by atoms with E-state index in [-0.39, 0.29) is 22.7 Å². The molecule has 4 nitrogen and oxygen atoms in total. The van der Waals surface area contributed by atoms with Gasteiger partial charge >= 0.3 is 5.97 Å². The number of rotatable bonds is 3. The molecule has 4 rings (SSSR count). The van der Waals surface area contributed by atoms with Gasteiger partial charge in [-0.1, -0.05) is 0 Å². The Balaban J connectivity index is 1.63. The fourth-order valence-corrected chi connectivity index (χ4v) is 3.62. The van der Waals surface area contributed by atoms with Gasteiger partial charge in [-0.15, -0.1) is 0 Å². The van der Waals surface area contributed by atoms with E-state index < -0.39 is 0 Å². The average Bonchev–Trinajstić information content (AvgIpc) is 2.28. The molecule has 3 aliphatic rings. The molecule has 0 aromatic heterocycles. The summed E-state index contributed by atoms with van der Waals surface area (Å²) in [6.45, 7) is 0. The lowest BCUT2D eigenvalue weighted by Crippen LogP contribution is -2.69. The molecule has 3 fully saturated rings. The van der Waals surface area contributed by atoms with Crippen molar-refractivity contribution < 1.29 is 14.3 Å². The molecule has 0 atom stereocenters. The molecular weight excluding hydrogens is 357 g/mol. The van der Waals surface area contributed by atoms with Crippen molar-refractivity contribution in [2.75, 3.05) is 12.4 Å². The van der Waals surface area contributed by atoms with Gasteiger partial charge in [0.15, 0.2) is 0 Å². The minimum Gasteiger partial charge on any atom is -0.469 e. The number of halogens is 1. The molecular formula is C14H14INO3. The topological polar surface area (TPSA) is 55.4 Å². The third-order valence-electron chi connectivity index (χ3n) is 4.23. The monoisotopic (exact) mass is 371 g/mol. The van der Waals surface area contributed by atoms with Gasteiger partial charge in [0.05, 0.1) is 17.9 Å². The van der Waals surface area contributed by atoms with Gasteiger partial charge in [-0.2, -0.15) is 0 Å². The van der Waals surface area contributed by atoms with Crippen LogP contribution in [0.4, 0.5) is 5.69 Å². The highest BCUT2D eigenvalue weighted by molar-refractivity contribution is 14.1. The largest absolute Gasteiger partial charge is 0.469 e. The van der Waals surface area contributed by atoms with Crippen LogP contribution in [0.15, 0.2) is 24.3 Å². The van der Waals surface area contributed by atoms with Crippen molar-refractivity contribution in [2.24, 2.45) is 10.8 Å². The van der Waals surface area contributed by atoms with E-state index in [1.165, 1.54) is 7.11 Å². The number of benzene rings is 1. The zero-order valence-electron chi connectivity index (χ0n) is 10.5. The Morgan fingerprint density at radius 2 is 1.74 bits per heavy atom. The molecule has 1 amide bonds. The first-order valence-electron chi connectivity index (χ1n) is 6.15. The van der Waals surface area contributed by atoms with Gasteiger partial charge in [-0.25, -0.2) is 0 Å². The van der Waals surface area contributed by atoms with Crippen LogP contribution in [0, 0.1) is 14.4 Å². The predicted molar refractivity (Wildman–Crippen MR) is 78.5 cm³/mol. The van der Waals surface area contributed by atoms with Crippen molar-refractivity contribution in [3.8, 4) is 0 Å². The second-order valence-corrected chi connectivity index (χ2v) is 6.79. The average molecular weight is 371 g/mol. The van der Waals surface area contributed by atoms with Crippen LogP contribution >= 0.6 is 22.6 Å². The summed E-state index contributed by atoms with van der Waals surface area (Å²) >= 11 is 2.22. The van der Waals surface area contributed by atoms with Crippen molar-refractivity contribution in [1.29, 1.82) is 0 Å². The number of hydrogen-bond donors (Lipinski definition) is 1. The molecule has 0 unspecified atom stereocenters. The highest BCUT2D eigenvalue weighted by Gasteiger charge is 2.75. The van der Waals surface area contributed by atoms with Crippen LogP contribution in [0.2, 0.25) is 0 Å². The summed E-state index contributed by atoms with van der Waals surface area (Å²) in [5.41, 5.74) is 0.109. The summed E-state index contributed by atoms with van der Waals surface area (Å²) in [6.07, 6.45) is 1.88. The molecule has 1 aromatic carbocycles. The van der Waals surface area contributed by atoms with Crippen LogP contribution in [-0.4, -0.2) is 19.0 Å². The third kappa shape index (κ3) is 1.86. The van der Waals surface area contributed by atoms with E-state index in [1.54, 1.807) is 0 Å². The Labute approximate surface area is 125 Å². The molecule has 1 N–H and O–H groups in total. The standard InChI is InChI=1S/C14H14INO3/c1-19-12(18)14-6-13(7-14,8-14)11(17)16-10-4-2-9(15)3-5-10/h2-5H,6-8H2,1H3,(H,16,17). The summed E-state index contributed by atoms with van der Waals surface area (Å²) in [4.78, 5) is 23.8. The number of anilines is 1. The van der Waals surface area contributed by atoms with Gasteiger partial charge in [0.1, 0.15) is 0 Å². The lowest BCUT2D eigenvalue weighted by Gasteiger charge is -2.66. The van der Waals surface area contributed by atoms with Gasteiger partial charge in [0.2, 0.25) is 5.91 Å². The molecule has 0 saturated heterocycles. The van der Waals surface area contributed by atoms with Gasteiger partial charge in [0.25, 0.3) is 0 Å². The van der Waals surface area contributed by atoms with Gasteiger partial charge < -0.3 is 10.1 Å². The van der Waals surface area contributed by atoms with Gasteiger partial charge in [-0.3, -0.25) is 9.59 Å². The van der Waals surface area contributed by atoms with Gasteiger partial charge in [0, 0.05) is 9.26 Å². The second kappa shape index (κ2) is 4.19. The van der Waals surface area contributed by atoms with E-state index in [9.17, 15) is 9.59 Å². The van der Waals surface area contributed by atoms with Crippen molar-refractivity contribution in [1.82, 2.24) is 0 Å². The molecule has 1 aromatic rings. The Hall–Kier alpha value is -1.11. The summed E-state index contributed by atoms with van der Waals surface area (Å²) in [7, 11) is 1.40. The fourth-order valence-electron chi connectivity index (χ4n) is 3.26. The van der Waals surface area contributed by atoms with Crippen LogP contribution in [-0.2, 0) is 14.3 Å². The quantitative estimate of drug-likeness (QED) is 0.657. The van der Waals surface area contributed by atoms with E-state index in [2.05, 4.69) is 27.9 Å². The maximum Gasteiger partial charge on any atom is 0.311 e. The van der Waals surface area contributed by atoms with Crippen LogP contribution in [0.5, 0.6) is 0 Å². The molecule has 5 heteroatoms.